The quantitative estimate of drug-likeness (QED) is 0.421. The molecule has 0 aromatic rings. The molecule has 0 radical (unpaired) electrons. The number of rotatable bonds is 6. The molecule has 114 valence electrons. The van der Waals surface area contributed by atoms with Crippen molar-refractivity contribution in [3.63, 3.8) is 0 Å². The molecule has 0 aromatic carbocycles. The second-order valence-corrected chi connectivity index (χ2v) is 4.69. The van der Waals surface area contributed by atoms with Crippen molar-refractivity contribution >= 4 is 29.9 Å². The predicted octanol–water partition coefficient (Wildman–Crippen LogP) is 0.898. The Kier molecular flexibility index (Phi) is 10.6. The van der Waals surface area contributed by atoms with Gasteiger partial charge < -0.3 is 15.5 Å². The second-order valence-electron chi connectivity index (χ2n) is 4.69. The summed E-state index contributed by atoms with van der Waals surface area (Å²) in [7, 11) is 0. The molecule has 1 aliphatic heterocycles. The van der Waals surface area contributed by atoms with Crippen molar-refractivity contribution in [2.24, 2.45) is 10.7 Å². The molecule has 1 heterocycles. The van der Waals surface area contributed by atoms with Crippen molar-refractivity contribution in [2.75, 3.05) is 58.9 Å². The first kappa shape index (κ1) is 18.9. The van der Waals surface area contributed by atoms with E-state index in [0.29, 0.717) is 5.96 Å². The van der Waals surface area contributed by atoms with E-state index < -0.39 is 0 Å². The number of nitrogens with zero attached hydrogens (tertiary/aromatic N) is 4. The molecule has 0 aromatic heterocycles. The Morgan fingerprint density at radius 2 is 1.58 bits per heavy atom. The number of guanidine groups is 1. The van der Waals surface area contributed by atoms with Gasteiger partial charge in [0.2, 0.25) is 0 Å². The highest BCUT2D eigenvalue weighted by Gasteiger charge is 2.14. The van der Waals surface area contributed by atoms with E-state index in [2.05, 4.69) is 40.5 Å². The average Bonchev–Trinajstić information content (AvgIpc) is 2.41. The van der Waals surface area contributed by atoms with Crippen LogP contribution in [0.25, 0.3) is 0 Å². The first-order valence-electron chi connectivity index (χ1n) is 7.20. The van der Waals surface area contributed by atoms with Gasteiger partial charge in [0.25, 0.3) is 0 Å². The van der Waals surface area contributed by atoms with Crippen LogP contribution in [0.1, 0.15) is 20.8 Å². The molecule has 0 bridgehead atoms. The summed E-state index contributed by atoms with van der Waals surface area (Å²) in [4.78, 5) is 11.5. The Bertz CT molecular complexity index is 247. The van der Waals surface area contributed by atoms with Gasteiger partial charge in [-0.05, 0) is 20.4 Å². The summed E-state index contributed by atoms with van der Waals surface area (Å²) >= 11 is 0. The molecule has 0 amide bonds. The molecule has 5 nitrogen and oxygen atoms in total. The lowest BCUT2D eigenvalue weighted by molar-refractivity contribution is 0.140. The standard InChI is InChI=1S/C13H29N5.HI/c1-4-16-9-11-17(12-10-16)8-7-15-13(14)18(5-2)6-3;/h4-12H2,1-3H3,(H2,14,15);1H. The van der Waals surface area contributed by atoms with Crippen LogP contribution in [0, 0.1) is 0 Å². The van der Waals surface area contributed by atoms with Crippen LogP contribution < -0.4 is 5.73 Å². The highest BCUT2D eigenvalue weighted by Crippen LogP contribution is 2.00. The lowest BCUT2D eigenvalue weighted by atomic mass is 10.3. The summed E-state index contributed by atoms with van der Waals surface area (Å²) in [6.07, 6.45) is 0. The van der Waals surface area contributed by atoms with Crippen molar-refractivity contribution in [1.29, 1.82) is 0 Å². The first-order valence-corrected chi connectivity index (χ1v) is 7.20. The molecule has 6 heteroatoms. The highest BCUT2D eigenvalue weighted by molar-refractivity contribution is 14.0. The number of likely N-dealkylation sites (N-methyl/N-ethyl adjacent to an activating group) is 1. The molecule has 1 aliphatic rings. The van der Waals surface area contributed by atoms with Gasteiger partial charge in [-0.3, -0.25) is 9.89 Å². The molecule has 0 spiro atoms. The summed E-state index contributed by atoms with van der Waals surface area (Å²) in [6.45, 7) is 16.0. The van der Waals surface area contributed by atoms with Crippen molar-refractivity contribution in [3.8, 4) is 0 Å². The van der Waals surface area contributed by atoms with E-state index in [4.69, 9.17) is 5.73 Å². The topological polar surface area (TPSA) is 48.1 Å². The smallest absolute Gasteiger partial charge is 0.191 e. The predicted molar refractivity (Wildman–Crippen MR) is 93.4 cm³/mol. The zero-order valence-electron chi connectivity index (χ0n) is 12.6. The SMILES string of the molecule is CCN1CCN(CCN=C(N)N(CC)CC)CC1.I. The van der Waals surface area contributed by atoms with Gasteiger partial charge in [0, 0.05) is 45.8 Å². The minimum absolute atomic E-state index is 0. The second kappa shape index (κ2) is 10.7. The molecule has 0 saturated carbocycles. The molecular formula is C13H30IN5. The molecule has 0 unspecified atom stereocenters. The highest BCUT2D eigenvalue weighted by atomic mass is 127. The van der Waals surface area contributed by atoms with Crippen molar-refractivity contribution in [2.45, 2.75) is 20.8 Å². The summed E-state index contributed by atoms with van der Waals surface area (Å²) in [5.74, 6) is 0.687. The third-order valence-corrected chi connectivity index (χ3v) is 3.69. The van der Waals surface area contributed by atoms with Crippen LogP contribution in [0.5, 0.6) is 0 Å². The molecule has 0 aliphatic carbocycles. The third-order valence-electron chi connectivity index (χ3n) is 3.69. The first-order chi connectivity index (χ1) is 8.71. The molecular weight excluding hydrogens is 353 g/mol. The minimum Gasteiger partial charge on any atom is -0.370 e. The molecule has 0 atom stereocenters. The van der Waals surface area contributed by atoms with Crippen molar-refractivity contribution < 1.29 is 0 Å². The Morgan fingerprint density at radius 1 is 1.05 bits per heavy atom. The maximum absolute atomic E-state index is 5.95. The third kappa shape index (κ3) is 6.76. The van der Waals surface area contributed by atoms with E-state index in [1.807, 2.05) is 0 Å². The van der Waals surface area contributed by atoms with E-state index in [-0.39, 0.29) is 24.0 Å². The van der Waals surface area contributed by atoms with Crippen LogP contribution in [-0.4, -0.2) is 79.6 Å². The summed E-state index contributed by atoms with van der Waals surface area (Å²) in [6, 6.07) is 0. The van der Waals surface area contributed by atoms with E-state index in [0.717, 1.165) is 39.3 Å². The van der Waals surface area contributed by atoms with Gasteiger partial charge in [0.15, 0.2) is 5.96 Å². The summed E-state index contributed by atoms with van der Waals surface area (Å²) < 4.78 is 0. The zero-order valence-corrected chi connectivity index (χ0v) is 15.0. The Labute approximate surface area is 135 Å². The fourth-order valence-electron chi connectivity index (χ4n) is 2.28. The van der Waals surface area contributed by atoms with Crippen LogP contribution in [0.4, 0.5) is 0 Å². The van der Waals surface area contributed by atoms with Crippen molar-refractivity contribution in [1.82, 2.24) is 14.7 Å². The van der Waals surface area contributed by atoms with Gasteiger partial charge in [-0.15, -0.1) is 24.0 Å². The van der Waals surface area contributed by atoms with E-state index in [1.54, 1.807) is 0 Å². The van der Waals surface area contributed by atoms with Gasteiger partial charge in [-0.2, -0.15) is 0 Å². The largest absolute Gasteiger partial charge is 0.370 e. The Hall–Kier alpha value is -0.0800. The van der Waals surface area contributed by atoms with Crippen LogP contribution in [0.15, 0.2) is 4.99 Å². The maximum atomic E-state index is 5.95. The Balaban J connectivity index is 0.00000324. The fraction of sp³-hybridized carbons (Fsp3) is 0.923. The fourth-order valence-corrected chi connectivity index (χ4v) is 2.28. The van der Waals surface area contributed by atoms with Gasteiger partial charge >= 0.3 is 0 Å². The number of piperazine rings is 1. The summed E-state index contributed by atoms with van der Waals surface area (Å²) in [5, 5.41) is 0. The zero-order chi connectivity index (χ0) is 13.4. The number of halogens is 1. The number of aliphatic imine (C=N–C) groups is 1. The monoisotopic (exact) mass is 383 g/mol. The van der Waals surface area contributed by atoms with Gasteiger partial charge in [0.05, 0.1) is 6.54 Å². The van der Waals surface area contributed by atoms with Crippen LogP contribution in [0.2, 0.25) is 0 Å². The average molecular weight is 383 g/mol. The number of hydrogen-bond acceptors (Lipinski definition) is 3. The lowest BCUT2D eigenvalue weighted by Crippen LogP contribution is -2.47. The number of nitrogens with two attached hydrogens (primary N) is 1. The van der Waals surface area contributed by atoms with Gasteiger partial charge in [0.1, 0.15) is 0 Å². The molecule has 1 rings (SSSR count). The van der Waals surface area contributed by atoms with Gasteiger partial charge in [-0.25, -0.2) is 0 Å². The summed E-state index contributed by atoms with van der Waals surface area (Å²) in [5.41, 5.74) is 5.95. The normalized spacial score (nSPS) is 18.2. The molecule has 2 N–H and O–H groups in total. The Morgan fingerprint density at radius 3 is 2.05 bits per heavy atom. The van der Waals surface area contributed by atoms with Gasteiger partial charge in [-0.1, -0.05) is 6.92 Å². The maximum Gasteiger partial charge on any atom is 0.191 e. The van der Waals surface area contributed by atoms with E-state index in [1.165, 1.54) is 19.6 Å². The van der Waals surface area contributed by atoms with Crippen LogP contribution in [0.3, 0.4) is 0 Å². The minimum atomic E-state index is 0. The van der Waals surface area contributed by atoms with Crippen LogP contribution in [-0.2, 0) is 0 Å². The van der Waals surface area contributed by atoms with Crippen molar-refractivity contribution in [3.05, 3.63) is 0 Å². The molecule has 1 saturated heterocycles. The molecule has 19 heavy (non-hydrogen) atoms. The van der Waals surface area contributed by atoms with E-state index >= 15 is 0 Å². The lowest BCUT2D eigenvalue weighted by Gasteiger charge is -2.33. The molecule has 1 fully saturated rings. The number of hydrogen-bond donors (Lipinski definition) is 1. The van der Waals surface area contributed by atoms with Crippen LogP contribution >= 0.6 is 24.0 Å². The van der Waals surface area contributed by atoms with E-state index in [9.17, 15) is 0 Å².